The van der Waals surface area contributed by atoms with E-state index in [1.807, 2.05) is 0 Å². The second kappa shape index (κ2) is 14.0. The Morgan fingerprint density at radius 2 is 2.08 bits per heavy atom. The number of likely N-dealkylation sites (tertiary alicyclic amines) is 1. The van der Waals surface area contributed by atoms with E-state index in [-0.39, 0.29) is 24.0 Å². The van der Waals surface area contributed by atoms with Crippen molar-refractivity contribution in [3.05, 3.63) is 0 Å². The van der Waals surface area contributed by atoms with Crippen LogP contribution >= 0.6 is 24.0 Å². The van der Waals surface area contributed by atoms with Crippen LogP contribution in [0, 0.1) is 11.8 Å². The van der Waals surface area contributed by atoms with Gasteiger partial charge in [0, 0.05) is 39.8 Å². The van der Waals surface area contributed by atoms with Crippen LogP contribution in [0.3, 0.4) is 0 Å². The van der Waals surface area contributed by atoms with Crippen LogP contribution in [0.5, 0.6) is 0 Å². The van der Waals surface area contributed by atoms with Gasteiger partial charge in [-0.05, 0) is 70.4 Å². The highest BCUT2D eigenvalue weighted by Crippen LogP contribution is 2.28. The number of unbranched alkanes of at least 4 members (excludes halogenated alkanes) is 1. The van der Waals surface area contributed by atoms with Crippen molar-refractivity contribution in [2.24, 2.45) is 16.8 Å². The number of hydrogen-bond acceptors (Lipinski definition) is 3. The third-order valence-electron chi connectivity index (χ3n) is 5.20. The molecule has 1 N–H and O–H groups in total. The Hall–Kier alpha value is -0.0800. The molecule has 0 radical (unpaired) electrons. The van der Waals surface area contributed by atoms with Crippen LogP contribution in [-0.2, 0) is 4.74 Å². The lowest BCUT2D eigenvalue weighted by molar-refractivity contribution is 0.115. The number of piperidine rings is 1. The molecule has 1 aliphatic heterocycles. The van der Waals surface area contributed by atoms with Crippen LogP contribution in [0.4, 0.5) is 0 Å². The molecule has 2 rings (SSSR count). The Kier molecular flexibility index (Phi) is 12.9. The number of nitrogens with zero attached hydrogens (tertiary/aromatic N) is 3. The molecule has 1 saturated carbocycles. The number of rotatable bonds is 11. The highest BCUT2D eigenvalue weighted by atomic mass is 127. The summed E-state index contributed by atoms with van der Waals surface area (Å²) in [6.07, 6.45) is 7.92. The van der Waals surface area contributed by atoms with Gasteiger partial charge >= 0.3 is 0 Å². The molecule has 2 aliphatic rings. The van der Waals surface area contributed by atoms with Crippen molar-refractivity contribution < 1.29 is 4.74 Å². The summed E-state index contributed by atoms with van der Waals surface area (Å²) in [5, 5.41) is 3.40. The number of ether oxygens (including phenoxy) is 1. The maximum atomic E-state index is 5.75. The lowest BCUT2D eigenvalue weighted by Gasteiger charge is -2.30. The molecule has 1 saturated heterocycles. The molecule has 1 unspecified atom stereocenters. The summed E-state index contributed by atoms with van der Waals surface area (Å²) >= 11 is 0. The molecule has 5 nitrogen and oxygen atoms in total. The molecule has 154 valence electrons. The molecule has 0 aromatic rings. The fourth-order valence-corrected chi connectivity index (χ4v) is 3.43. The maximum absolute atomic E-state index is 5.75. The van der Waals surface area contributed by atoms with Crippen LogP contribution in [0.25, 0.3) is 0 Å². The van der Waals surface area contributed by atoms with Crippen LogP contribution in [0.2, 0.25) is 0 Å². The smallest absolute Gasteiger partial charge is 0.193 e. The third kappa shape index (κ3) is 10.3. The summed E-state index contributed by atoms with van der Waals surface area (Å²) in [6.45, 7) is 12.8. The van der Waals surface area contributed by atoms with Gasteiger partial charge in [0.15, 0.2) is 5.96 Å². The van der Waals surface area contributed by atoms with E-state index in [1.165, 1.54) is 58.2 Å². The van der Waals surface area contributed by atoms with Crippen LogP contribution in [-0.4, -0.2) is 75.3 Å². The Morgan fingerprint density at radius 1 is 1.27 bits per heavy atom. The fourth-order valence-electron chi connectivity index (χ4n) is 3.43. The van der Waals surface area contributed by atoms with E-state index < -0.39 is 0 Å². The molecule has 2 fully saturated rings. The number of likely N-dealkylation sites (N-methyl/N-ethyl adjacent to an activating group) is 1. The summed E-state index contributed by atoms with van der Waals surface area (Å²) in [7, 11) is 2.11. The molecule has 0 amide bonds. The first-order chi connectivity index (χ1) is 12.2. The first-order valence-electron chi connectivity index (χ1n) is 10.5. The molecule has 1 atom stereocenters. The van der Waals surface area contributed by atoms with Gasteiger partial charge in [-0.2, -0.15) is 0 Å². The van der Waals surface area contributed by atoms with Crippen molar-refractivity contribution in [3.8, 4) is 0 Å². The predicted molar refractivity (Wildman–Crippen MR) is 122 cm³/mol. The van der Waals surface area contributed by atoms with Crippen LogP contribution < -0.4 is 5.32 Å². The van der Waals surface area contributed by atoms with E-state index in [1.54, 1.807) is 0 Å². The Labute approximate surface area is 178 Å². The average Bonchev–Trinajstić information content (AvgIpc) is 3.42. The standard InChI is InChI=1S/C20H40N4O.HI/c1-4-21-20(23(3)14-15-25-17-19-9-10-19)22-11-5-6-12-24-13-7-8-18(2)16-24;/h18-19H,4-17H2,1-3H3,(H,21,22);1H. The second-order valence-electron chi connectivity index (χ2n) is 7.93. The average molecular weight is 480 g/mol. The Balaban J connectivity index is 0.00000338. The van der Waals surface area contributed by atoms with E-state index in [4.69, 9.17) is 9.73 Å². The van der Waals surface area contributed by atoms with Crippen LogP contribution in [0.15, 0.2) is 4.99 Å². The van der Waals surface area contributed by atoms with E-state index >= 15 is 0 Å². The van der Waals surface area contributed by atoms with Gasteiger partial charge in [0.25, 0.3) is 0 Å². The van der Waals surface area contributed by atoms with Crippen molar-refractivity contribution in [2.75, 3.05) is 59.5 Å². The Bertz CT molecular complexity index is 390. The minimum Gasteiger partial charge on any atom is -0.379 e. The van der Waals surface area contributed by atoms with E-state index in [9.17, 15) is 0 Å². The number of guanidine groups is 1. The number of aliphatic imine (C=N–C) groups is 1. The molecular weight excluding hydrogens is 439 g/mol. The summed E-state index contributed by atoms with van der Waals surface area (Å²) in [4.78, 5) is 9.62. The van der Waals surface area contributed by atoms with Crippen molar-refractivity contribution in [2.45, 2.75) is 52.4 Å². The minimum atomic E-state index is 0. The van der Waals surface area contributed by atoms with E-state index in [0.717, 1.165) is 50.6 Å². The third-order valence-corrected chi connectivity index (χ3v) is 5.20. The monoisotopic (exact) mass is 480 g/mol. The van der Waals surface area contributed by atoms with Gasteiger partial charge in [-0.25, -0.2) is 0 Å². The van der Waals surface area contributed by atoms with E-state index in [2.05, 4.69) is 36.0 Å². The van der Waals surface area contributed by atoms with Crippen LogP contribution in [0.1, 0.15) is 52.4 Å². The van der Waals surface area contributed by atoms with Gasteiger partial charge in [0.05, 0.1) is 6.61 Å². The molecule has 0 bridgehead atoms. The molecule has 1 aliphatic carbocycles. The molecule has 6 heteroatoms. The summed E-state index contributed by atoms with van der Waals surface area (Å²) < 4.78 is 5.75. The number of nitrogens with one attached hydrogen (secondary N) is 1. The van der Waals surface area contributed by atoms with E-state index in [0.29, 0.717) is 0 Å². The zero-order chi connectivity index (χ0) is 17.9. The predicted octanol–water partition coefficient (Wildman–Crippen LogP) is 3.44. The lowest BCUT2D eigenvalue weighted by atomic mass is 10.0. The Morgan fingerprint density at radius 3 is 2.77 bits per heavy atom. The quantitative estimate of drug-likeness (QED) is 0.213. The largest absolute Gasteiger partial charge is 0.379 e. The van der Waals surface area contributed by atoms with Gasteiger partial charge in [-0.1, -0.05) is 6.92 Å². The summed E-state index contributed by atoms with van der Waals surface area (Å²) in [5.41, 5.74) is 0. The van der Waals surface area contributed by atoms with Gasteiger partial charge in [0.2, 0.25) is 0 Å². The molecule has 1 heterocycles. The summed E-state index contributed by atoms with van der Waals surface area (Å²) in [5.74, 6) is 2.74. The minimum absolute atomic E-state index is 0. The van der Waals surface area contributed by atoms with Crippen molar-refractivity contribution >= 4 is 29.9 Å². The molecular formula is C20H41IN4O. The second-order valence-corrected chi connectivity index (χ2v) is 7.93. The fraction of sp³-hybridized carbons (Fsp3) is 0.950. The highest BCUT2D eigenvalue weighted by Gasteiger charge is 2.21. The highest BCUT2D eigenvalue weighted by molar-refractivity contribution is 14.0. The maximum Gasteiger partial charge on any atom is 0.193 e. The first kappa shape index (κ1) is 24.0. The zero-order valence-electron chi connectivity index (χ0n) is 17.2. The zero-order valence-corrected chi connectivity index (χ0v) is 19.5. The molecule has 26 heavy (non-hydrogen) atoms. The van der Waals surface area contributed by atoms with Crippen molar-refractivity contribution in [1.82, 2.24) is 15.1 Å². The first-order valence-corrected chi connectivity index (χ1v) is 10.5. The lowest BCUT2D eigenvalue weighted by Crippen LogP contribution is -2.40. The van der Waals surface area contributed by atoms with Crippen molar-refractivity contribution in [3.63, 3.8) is 0 Å². The topological polar surface area (TPSA) is 40.1 Å². The molecule has 0 aromatic carbocycles. The molecule has 0 aromatic heterocycles. The van der Waals surface area contributed by atoms with Gasteiger partial charge in [-0.3, -0.25) is 4.99 Å². The van der Waals surface area contributed by atoms with Gasteiger partial charge in [-0.15, -0.1) is 24.0 Å². The number of halogens is 1. The SMILES string of the molecule is CCNC(=NCCCCN1CCCC(C)C1)N(C)CCOCC1CC1.I. The van der Waals surface area contributed by atoms with Crippen molar-refractivity contribution in [1.29, 1.82) is 0 Å². The number of hydrogen-bond donors (Lipinski definition) is 1. The van der Waals surface area contributed by atoms with Gasteiger partial charge in [0.1, 0.15) is 0 Å². The summed E-state index contributed by atoms with van der Waals surface area (Å²) in [6, 6.07) is 0. The molecule has 0 spiro atoms. The normalized spacial score (nSPS) is 21.3. The van der Waals surface area contributed by atoms with Gasteiger partial charge < -0.3 is 19.9 Å².